The molecule has 0 saturated carbocycles. The molecule has 0 unspecified atom stereocenters. The molecule has 0 heterocycles. The van der Waals surface area contributed by atoms with Gasteiger partial charge < -0.3 is 10.1 Å². The lowest BCUT2D eigenvalue weighted by Crippen LogP contribution is -2.14. The Bertz CT molecular complexity index is 677. The average molecular weight is 311 g/mol. The summed E-state index contributed by atoms with van der Waals surface area (Å²) in [5.74, 6) is 1.07. The highest BCUT2D eigenvalue weighted by Crippen LogP contribution is 2.22. The van der Waals surface area contributed by atoms with E-state index in [2.05, 4.69) is 26.1 Å². The molecule has 0 aliphatic heterocycles. The molecule has 0 fully saturated rings. The highest BCUT2D eigenvalue weighted by molar-refractivity contribution is 6.05. The predicted octanol–water partition coefficient (Wildman–Crippen LogP) is 4.84. The topological polar surface area (TPSA) is 38.3 Å². The van der Waals surface area contributed by atoms with E-state index in [1.807, 2.05) is 43.3 Å². The fourth-order valence-corrected chi connectivity index (χ4v) is 2.38. The molecular weight excluding hydrogens is 286 g/mol. The van der Waals surface area contributed by atoms with Crippen molar-refractivity contribution in [2.45, 2.75) is 34.1 Å². The standard InChI is InChI=1S/C20H25NO2/c1-5-16-9-6-8-15(4)19(16)21-20(22)17-10-7-11-18(12-17)23-13-14(2)3/h6-12,14H,5,13H2,1-4H3,(H,21,22). The van der Waals surface area contributed by atoms with Crippen molar-refractivity contribution in [1.82, 2.24) is 0 Å². The molecule has 122 valence electrons. The Morgan fingerprint density at radius 3 is 2.61 bits per heavy atom. The van der Waals surface area contributed by atoms with Gasteiger partial charge in [0.05, 0.1) is 6.61 Å². The Hall–Kier alpha value is -2.29. The van der Waals surface area contributed by atoms with Crippen LogP contribution in [0, 0.1) is 12.8 Å². The summed E-state index contributed by atoms with van der Waals surface area (Å²) in [6.07, 6.45) is 0.884. The zero-order chi connectivity index (χ0) is 16.8. The maximum atomic E-state index is 12.6. The third-order valence-corrected chi connectivity index (χ3v) is 3.66. The Morgan fingerprint density at radius 1 is 1.17 bits per heavy atom. The molecule has 2 rings (SSSR count). The zero-order valence-electron chi connectivity index (χ0n) is 14.3. The number of rotatable bonds is 6. The molecule has 23 heavy (non-hydrogen) atoms. The number of nitrogens with one attached hydrogen (secondary N) is 1. The minimum atomic E-state index is -0.107. The number of hydrogen-bond donors (Lipinski definition) is 1. The Labute approximate surface area is 138 Å². The summed E-state index contributed by atoms with van der Waals surface area (Å²) in [7, 11) is 0. The second-order valence-electron chi connectivity index (χ2n) is 6.15. The summed E-state index contributed by atoms with van der Waals surface area (Å²) < 4.78 is 5.70. The molecular formula is C20H25NO2. The number of aryl methyl sites for hydroxylation is 2. The van der Waals surface area contributed by atoms with E-state index < -0.39 is 0 Å². The van der Waals surface area contributed by atoms with E-state index in [1.54, 1.807) is 6.07 Å². The Kier molecular flexibility index (Phi) is 5.80. The van der Waals surface area contributed by atoms with Crippen molar-refractivity contribution in [2.75, 3.05) is 11.9 Å². The molecule has 0 radical (unpaired) electrons. The molecule has 0 spiro atoms. The van der Waals surface area contributed by atoms with Gasteiger partial charge >= 0.3 is 0 Å². The number of carbonyl (C=O) groups is 1. The monoisotopic (exact) mass is 311 g/mol. The van der Waals surface area contributed by atoms with Gasteiger partial charge in [-0.25, -0.2) is 0 Å². The number of benzene rings is 2. The molecule has 2 aromatic rings. The summed E-state index contributed by atoms with van der Waals surface area (Å²) in [6.45, 7) is 8.94. The van der Waals surface area contributed by atoms with Gasteiger partial charge in [-0.15, -0.1) is 0 Å². The molecule has 2 aromatic carbocycles. The van der Waals surface area contributed by atoms with E-state index in [1.165, 1.54) is 0 Å². The van der Waals surface area contributed by atoms with Gasteiger partial charge in [-0.1, -0.05) is 45.0 Å². The van der Waals surface area contributed by atoms with Crippen LogP contribution in [0.3, 0.4) is 0 Å². The number of para-hydroxylation sites is 1. The SMILES string of the molecule is CCc1cccc(C)c1NC(=O)c1cccc(OCC(C)C)c1. The lowest BCUT2D eigenvalue weighted by Gasteiger charge is -2.14. The largest absolute Gasteiger partial charge is 0.493 e. The number of carbonyl (C=O) groups excluding carboxylic acids is 1. The lowest BCUT2D eigenvalue weighted by molar-refractivity contribution is 0.102. The molecule has 1 amide bonds. The van der Waals surface area contributed by atoms with Gasteiger partial charge in [-0.3, -0.25) is 4.79 Å². The third-order valence-electron chi connectivity index (χ3n) is 3.66. The first kappa shape index (κ1) is 17.1. The van der Waals surface area contributed by atoms with E-state index in [0.717, 1.165) is 29.0 Å². The van der Waals surface area contributed by atoms with Crippen LogP contribution in [0.2, 0.25) is 0 Å². The van der Waals surface area contributed by atoms with Gasteiger partial charge in [0, 0.05) is 11.3 Å². The molecule has 0 bridgehead atoms. The van der Waals surface area contributed by atoms with Crippen LogP contribution in [-0.2, 0) is 6.42 Å². The smallest absolute Gasteiger partial charge is 0.255 e. The summed E-state index contributed by atoms with van der Waals surface area (Å²) in [4.78, 5) is 12.6. The summed E-state index contributed by atoms with van der Waals surface area (Å²) >= 11 is 0. The van der Waals surface area contributed by atoms with Crippen molar-refractivity contribution in [3.63, 3.8) is 0 Å². The van der Waals surface area contributed by atoms with Crippen LogP contribution in [0.4, 0.5) is 5.69 Å². The molecule has 0 aromatic heterocycles. The number of anilines is 1. The van der Waals surface area contributed by atoms with Crippen molar-refractivity contribution >= 4 is 11.6 Å². The minimum absolute atomic E-state index is 0.107. The van der Waals surface area contributed by atoms with Crippen LogP contribution in [0.15, 0.2) is 42.5 Å². The minimum Gasteiger partial charge on any atom is -0.493 e. The first-order chi connectivity index (χ1) is 11.0. The third kappa shape index (κ3) is 4.59. The highest BCUT2D eigenvalue weighted by atomic mass is 16.5. The summed E-state index contributed by atoms with van der Waals surface area (Å²) in [5, 5.41) is 3.04. The Balaban J connectivity index is 2.17. The molecule has 0 atom stereocenters. The van der Waals surface area contributed by atoms with Crippen LogP contribution in [0.5, 0.6) is 5.75 Å². The van der Waals surface area contributed by atoms with E-state index in [-0.39, 0.29) is 5.91 Å². The van der Waals surface area contributed by atoms with E-state index in [9.17, 15) is 4.79 Å². The van der Waals surface area contributed by atoms with E-state index in [4.69, 9.17) is 4.74 Å². The Morgan fingerprint density at radius 2 is 1.91 bits per heavy atom. The van der Waals surface area contributed by atoms with Gasteiger partial charge in [0.25, 0.3) is 5.91 Å². The van der Waals surface area contributed by atoms with Crippen molar-refractivity contribution < 1.29 is 9.53 Å². The summed E-state index contributed by atoms with van der Waals surface area (Å²) in [6, 6.07) is 13.4. The van der Waals surface area contributed by atoms with Gasteiger partial charge in [-0.05, 0) is 48.6 Å². The highest BCUT2D eigenvalue weighted by Gasteiger charge is 2.11. The molecule has 0 aliphatic carbocycles. The van der Waals surface area contributed by atoms with Crippen LogP contribution in [-0.4, -0.2) is 12.5 Å². The van der Waals surface area contributed by atoms with E-state index >= 15 is 0 Å². The lowest BCUT2D eigenvalue weighted by atomic mass is 10.1. The van der Waals surface area contributed by atoms with Gasteiger partial charge in [0.2, 0.25) is 0 Å². The van der Waals surface area contributed by atoms with Crippen LogP contribution in [0.25, 0.3) is 0 Å². The zero-order valence-corrected chi connectivity index (χ0v) is 14.3. The van der Waals surface area contributed by atoms with Crippen LogP contribution >= 0.6 is 0 Å². The van der Waals surface area contributed by atoms with Crippen LogP contribution < -0.4 is 10.1 Å². The average Bonchev–Trinajstić information content (AvgIpc) is 2.55. The quantitative estimate of drug-likeness (QED) is 0.828. The van der Waals surface area contributed by atoms with Crippen molar-refractivity contribution in [3.05, 3.63) is 59.2 Å². The van der Waals surface area contributed by atoms with Gasteiger partial charge in [0.1, 0.15) is 5.75 Å². The number of ether oxygens (including phenoxy) is 1. The maximum Gasteiger partial charge on any atom is 0.255 e. The fourth-order valence-electron chi connectivity index (χ4n) is 2.38. The van der Waals surface area contributed by atoms with Crippen LogP contribution in [0.1, 0.15) is 42.3 Å². The van der Waals surface area contributed by atoms with Crippen molar-refractivity contribution in [1.29, 1.82) is 0 Å². The van der Waals surface area contributed by atoms with Crippen molar-refractivity contribution in [3.8, 4) is 5.75 Å². The van der Waals surface area contributed by atoms with Gasteiger partial charge in [-0.2, -0.15) is 0 Å². The van der Waals surface area contributed by atoms with Crippen molar-refractivity contribution in [2.24, 2.45) is 5.92 Å². The predicted molar refractivity (Wildman–Crippen MR) is 95.3 cm³/mol. The molecule has 0 saturated heterocycles. The first-order valence-electron chi connectivity index (χ1n) is 8.14. The maximum absolute atomic E-state index is 12.6. The molecule has 1 N–H and O–H groups in total. The molecule has 3 nitrogen and oxygen atoms in total. The summed E-state index contributed by atoms with van der Waals surface area (Å²) in [5.41, 5.74) is 3.74. The molecule has 3 heteroatoms. The first-order valence-corrected chi connectivity index (χ1v) is 8.14. The second kappa shape index (κ2) is 7.82. The van der Waals surface area contributed by atoms with E-state index in [0.29, 0.717) is 18.1 Å². The fraction of sp³-hybridized carbons (Fsp3) is 0.350. The normalized spacial score (nSPS) is 10.7. The molecule has 0 aliphatic rings. The number of amides is 1. The number of hydrogen-bond acceptors (Lipinski definition) is 2. The second-order valence-corrected chi connectivity index (χ2v) is 6.15. The van der Waals surface area contributed by atoms with Gasteiger partial charge in [0.15, 0.2) is 0 Å².